The predicted octanol–water partition coefficient (Wildman–Crippen LogP) is 10.1. The van der Waals surface area contributed by atoms with Crippen LogP contribution in [0.15, 0.2) is 18.2 Å². The summed E-state index contributed by atoms with van der Waals surface area (Å²) in [6.07, 6.45) is 20.8. The average Bonchev–Trinajstić information content (AvgIpc) is 2.89. The molecule has 0 aliphatic heterocycles. The topological polar surface area (TPSA) is 72.5 Å². The summed E-state index contributed by atoms with van der Waals surface area (Å²) < 4.78 is 33.5. The fourth-order valence-corrected chi connectivity index (χ4v) is 6.89. The van der Waals surface area contributed by atoms with Crippen LogP contribution in [0, 0.1) is 0 Å². The van der Waals surface area contributed by atoms with E-state index in [9.17, 15) is 13.2 Å². The zero-order chi connectivity index (χ0) is 28.9. The van der Waals surface area contributed by atoms with Gasteiger partial charge in [-0.25, -0.2) is 0 Å². The van der Waals surface area contributed by atoms with E-state index in [-0.39, 0.29) is 17.6 Å². The third-order valence-electron chi connectivity index (χ3n) is 7.19. The summed E-state index contributed by atoms with van der Waals surface area (Å²) in [5.41, 5.74) is 2.55. The molecule has 0 aromatic heterocycles. The number of benzene rings is 1. The Morgan fingerprint density at radius 3 is 1.56 bits per heavy atom. The van der Waals surface area contributed by atoms with E-state index in [1.807, 2.05) is 45.9 Å². The van der Waals surface area contributed by atoms with E-state index < -0.39 is 15.0 Å². The first kappa shape index (κ1) is 35.8. The van der Waals surface area contributed by atoms with Crippen molar-refractivity contribution in [2.75, 3.05) is 17.1 Å². The lowest BCUT2D eigenvalue weighted by molar-refractivity contribution is -0.140. The molecule has 226 valence electrons. The summed E-state index contributed by atoms with van der Waals surface area (Å²) >= 11 is 0. The van der Waals surface area contributed by atoms with Gasteiger partial charge in [0, 0.05) is 10.8 Å². The van der Waals surface area contributed by atoms with Gasteiger partial charge in [0.1, 0.15) is 5.75 Å². The van der Waals surface area contributed by atoms with Crippen molar-refractivity contribution in [3.8, 4) is 0 Å². The second-order valence-corrected chi connectivity index (χ2v) is 15.1. The van der Waals surface area contributed by atoms with E-state index in [4.69, 9.17) is 4.74 Å². The molecule has 1 aromatic carbocycles. The Morgan fingerprint density at radius 1 is 0.744 bits per heavy atom. The highest BCUT2D eigenvalue weighted by atomic mass is 33.1. The van der Waals surface area contributed by atoms with Crippen molar-refractivity contribution in [2.45, 2.75) is 149 Å². The van der Waals surface area contributed by atoms with Crippen LogP contribution in [0.4, 0.5) is 5.69 Å². The van der Waals surface area contributed by atoms with Gasteiger partial charge in [-0.2, -0.15) is 8.42 Å². The zero-order valence-corrected chi connectivity index (χ0v) is 27.2. The SMILES string of the molecule is CCCCCCCCCCCCCCCCCCOC(=O)CSS(=O)(=O)Nc1c(C(C)C)cccc1C(C)C. The lowest BCUT2D eigenvalue weighted by Gasteiger charge is -2.20. The second kappa shape index (κ2) is 21.5. The Balaban J connectivity index is 2.11. The fraction of sp³-hybridized carbons (Fsp3) is 0.781. The summed E-state index contributed by atoms with van der Waals surface area (Å²) in [4.78, 5) is 12.1. The summed E-state index contributed by atoms with van der Waals surface area (Å²) in [5, 5.41) is 0. The molecule has 0 fully saturated rings. The normalized spacial score (nSPS) is 11.9. The molecule has 0 saturated carbocycles. The first-order valence-corrected chi connectivity index (χ1v) is 18.6. The summed E-state index contributed by atoms with van der Waals surface area (Å²) in [6.45, 7) is 10.8. The van der Waals surface area contributed by atoms with Gasteiger partial charge in [-0.1, -0.05) is 149 Å². The molecular weight excluding hydrogens is 526 g/mol. The van der Waals surface area contributed by atoms with Gasteiger partial charge in [0.05, 0.1) is 12.3 Å². The van der Waals surface area contributed by atoms with E-state index in [1.54, 1.807) is 0 Å². The summed E-state index contributed by atoms with van der Waals surface area (Å²) in [6, 6.07) is 5.86. The Hall–Kier alpha value is -1.21. The van der Waals surface area contributed by atoms with Crippen LogP contribution in [0.2, 0.25) is 0 Å². The van der Waals surface area contributed by atoms with Gasteiger partial charge < -0.3 is 4.74 Å². The maximum atomic E-state index is 12.7. The molecule has 0 heterocycles. The Morgan fingerprint density at radius 2 is 1.15 bits per heavy atom. The predicted molar refractivity (Wildman–Crippen MR) is 170 cm³/mol. The monoisotopic (exact) mass is 583 g/mol. The van der Waals surface area contributed by atoms with Crippen LogP contribution in [-0.2, 0) is 18.6 Å². The number of hydrogen-bond acceptors (Lipinski definition) is 5. The molecular formula is C32H57NO4S2. The van der Waals surface area contributed by atoms with Crippen molar-refractivity contribution in [1.29, 1.82) is 0 Å². The Kier molecular flexibility index (Phi) is 19.8. The van der Waals surface area contributed by atoms with Crippen LogP contribution in [-0.4, -0.2) is 26.7 Å². The van der Waals surface area contributed by atoms with Crippen LogP contribution in [0.25, 0.3) is 0 Å². The van der Waals surface area contributed by atoms with E-state index in [2.05, 4.69) is 11.6 Å². The van der Waals surface area contributed by atoms with Crippen LogP contribution >= 0.6 is 10.8 Å². The second-order valence-electron chi connectivity index (χ2n) is 11.5. The Labute approximate surface area is 244 Å². The number of hydrogen-bond donors (Lipinski definition) is 1. The molecule has 0 amide bonds. The minimum absolute atomic E-state index is 0.177. The van der Waals surface area contributed by atoms with Crippen molar-refractivity contribution in [1.82, 2.24) is 0 Å². The lowest BCUT2D eigenvalue weighted by atomic mass is 9.93. The molecule has 0 unspecified atom stereocenters. The summed E-state index contributed by atoms with van der Waals surface area (Å²) in [5.74, 6) is -0.339. The van der Waals surface area contributed by atoms with Gasteiger partial charge >= 0.3 is 5.97 Å². The van der Waals surface area contributed by atoms with Crippen molar-refractivity contribution < 1.29 is 17.9 Å². The number of esters is 1. The van der Waals surface area contributed by atoms with Crippen LogP contribution < -0.4 is 4.72 Å². The standard InChI is InChI=1S/C32H57NO4S2/c1-6-7-8-9-10-11-12-13-14-15-16-17-18-19-20-21-25-37-31(34)26-38-39(35,36)33-32-29(27(2)3)23-22-24-30(32)28(4)5/h22-24,27-28,33H,6-21,25-26H2,1-5H3. The lowest BCUT2D eigenvalue weighted by Crippen LogP contribution is -2.16. The number of ether oxygens (including phenoxy) is 1. The molecule has 1 aromatic rings. The molecule has 0 aliphatic carbocycles. The maximum Gasteiger partial charge on any atom is 0.317 e. The van der Waals surface area contributed by atoms with Gasteiger partial charge in [-0.15, -0.1) is 0 Å². The quantitative estimate of drug-likeness (QED) is 0.0744. The largest absolute Gasteiger partial charge is 0.465 e. The maximum absolute atomic E-state index is 12.7. The number of para-hydroxylation sites is 1. The first-order chi connectivity index (χ1) is 18.7. The number of unbranched alkanes of at least 4 members (excludes halogenated alkanes) is 15. The number of carbonyl (C=O) groups is 1. The Bertz CT molecular complexity index is 858. The molecule has 1 N–H and O–H groups in total. The number of nitrogens with one attached hydrogen (secondary N) is 1. The molecule has 7 heteroatoms. The minimum atomic E-state index is -3.74. The van der Waals surface area contributed by atoms with Crippen LogP contribution in [0.3, 0.4) is 0 Å². The third-order valence-corrected chi connectivity index (χ3v) is 9.85. The van der Waals surface area contributed by atoms with Gasteiger partial charge in [0.15, 0.2) is 0 Å². The van der Waals surface area contributed by atoms with Gasteiger partial charge in [0.2, 0.25) is 0 Å². The molecule has 5 nitrogen and oxygen atoms in total. The average molecular weight is 584 g/mol. The molecule has 0 spiro atoms. The van der Waals surface area contributed by atoms with Crippen LogP contribution in [0.1, 0.15) is 160 Å². The number of rotatable bonds is 24. The zero-order valence-electron chi connectivity index (χ0n) is 25.6. The van der Waals surface area contributed by atoms with Crippen molar-refractivity contribution in [2.24, 2.45) is 0 Å². The van der Waals surface area contributed by atoms with E-state index in [0.717, 1.165) is 30.4 Å². The highest BCUT2D eigenvalue weighted by molar-refractivity contribution is 8.72. The van der Waals surface area contributed by atoms with Gasteiger partial charge in [0.25, 0.3) is 9.06 Å². The molecule has 1 rings (SSSR count). The minimum Gasteiger partial charge on any atom is -0.465 e. The van der Waals surface area contributed by atoms with Gasteiger partial charge in [-0.3, -0.25) is 9.52 Å². The first-order valence-electron chi connectivity index (χ1n) is 15.6. The van der Waals surface area contributed by atoms with Crippen molar-refractivity contribution >= 4 is 31.5 Å². The smallest absolute Gasteiger partial charge is 0.317 e. The highest BCUT2D eigenvalue weighted by Crippen LogP contribution is 2.34. The third kappa shape index (κ3) is 17.3. The fourth-order valence-electron chi connectivity index (χ4n) is 4.83. The highest BCUT2D eigenvalue weighted by Gasteiger charge is 2.21. The van der Waals surface area contributed by atoms with Crippen molar-refractivity contribution in [3.05, 3.63) is 29.3 Å². The molecule has 0 aliphatic rings. The molecule has 0 saturated heterocycles. The van der Waals surface area contributed by atoms with Crippen molar-refractivity contribution in [3.63, 3.8) is 0 Å². The molecule has 0 atom stereocenters. The van der Waals surface area contributed by atoms with Crippen LogP contribution in [0.5, 0.6) is 0 Å². The molecule has 0 bridgehead atoms. The summed E-state index contributed by atoms with van der Waals surface area (Å²) in [7, 11) is -3.14. The van der Waals surface area contributed by atoms with E-state index in [0.29, 0.717) is 23.1 Å². The number of carbonyl (C=O) groups excluding carboxylic acids is 1. The number of anilines is 1. The van der Waals surface area contributed by atoms with E-state index in [1.165, 1.54) is 83.5 Å². The van der Waals surface area contributed by atoms with Gasteiger partial charge in [-0.05, 0) is 29.4 Å². The molecule has 39 heavy (non-hydrogen) atoms. The van der Waals surface area contributed by atoms with E-state index >= 15 is 0 Å². The molecule has 0 radical (unpaired) electrons.